The molecule has 2 aromatic heterocycles. The van der Waals surface area contributed by atoms with Crippen LogP contribution in [0.1, 0.15) is 53.7 Å². The Morgan fingerprint density at radius 1 is 1.42 bits per heavy atom. The second-order valence-electron chi connectivity index (χ2n) is 7.08. The van der Waals surface area contributed by atoms with Crippen molar-refractivity contribution >= 4 is 17.2 Å². The highest BCUT2D eigenvalue weighted by atomic mass is 32.1. The lowest BCUT2D eigenvalue weighted by molar-refractivity contribution is -0.134. The lowest BCUT2D eigenvalue weighted by atomic mass is 10.0. The number of carbonyl (C=O) groups excluding carboxylic acids is 1. The molecular formula is C19H25N3OS. The Hall–Kier alpha value is -1.62. The molecule has 24 heavy (non-hydrogen) atoms. The molecule has 1 aliphatic carbocycles. The second kappa shape index (κ2) is 6.36. The second-order valence-corrected chi connectivity index (χ2v) is 8.40. The van der Waals surface area contributed by atoms with Gasteiger partial charge in [-0.2, -0.15) is 0 Å². The van der Waals surface area contributed by atoms with Crippen LogP contribution in [0.25, 0.3) is 0 Å². The van der Waals surface area contributed by atoms with Gasteiger partial charge in [-0.3, -0.25) is 4.79 Å². The Morgan fingerprint density at radius 3 is 3.04 bits per heavy atom. The van der Waals surface area contributed by atoms with E-state index in [4.69, 9.17) is 0 Å². The van der Waals surface area contributed by atoms with E-state index in [1.54, 1.807) is 0 Å². The lowest BCUT2D eigenvalue weighted by Gasteiger charge is -2.34. The first-order chi connectivity index (χ1) is 11.7. The number of thiophene rings is 1. The van der Waals surface area contributed by atoms with Crippen molar-refractivity contribution in [3.8, 4) is 0 Å². The number of nitrogens with zero attached hydrogens (tertiary/aromatic N) is 3. The van der Waals surface area contributed by atoms with Crippen LogP contribution in [0.3, 0.4) is 0 Å². The van der Waals surface area contributed by atoms with Crippen molar-refractivity contribution in [1.29, 1.82) is 0 Å². The van der Waals surface area contributed by atoms with Crippen molar-refractivity contribution in [3.05, 3.63) is 40.1 Å². The van der Waals surface area contributed by atoms with Crippen molar-refractivity contribution in [2.75, 3.05) is 13.1 Å². The van der Waals surface area contributed by atoms with Gasteiger partial charge in [0.05, 0.1) is 6.04 Å². The molecule has 0 aromatic carbocycles. The summed E-state index contributed by atoms with van der Waals surface area (Å²) in [5.74, 6) is 2.19. The number of hydrogen-bond donors (Lipinski definition) is 0. The molecule has 0 radical (unpaired) electrons. The molecule has 5 heteroatoms. The van der Waals surface area contributed by atoms with Crippen molar-refractivity contribution < 1.29 is 4.79 Å². The minimum absolute atomic E-state index is 0.218. The molecule has 3 heterocycles. The van der Waals surface area contributed by atoms with Crippen LogP contribution in [0.5, 0.6) is 0 Å². The molecule has 4 nitrogen and oxygen atoms in total. The van der Waals surface area contributed by atoms with Crippen molar-refractivity contribution in [2.24, 2.45) is 5.92 Å². The average Bonchev–Trinajstić information content (AvgIpc) is 3.04. The number of aryl methyl sites for hydroxylation is 2. The Balaban J connectivity index is 1.42. The summed E-state index contributed by atoms with van der Waals surface area (Å²) in [6.45, 7) is 6.04. The predicted molar refractivity (Wildman–Crippen MR) is 96.4 cm³/mol. The highest BCUT2D eigenvalue weighted by Crippen LogP contribution is 2.50. The molecule has 1 saturated heterocycles. The maximum absolute atomic E-state index is 12.9. The predicted octanol–water partition coefficient (Wildman–Crippen LogP) is 3.78. The molecule has 0 bridgehead atoms. The van der Waals surface area contributed by atoms with E-state index in [0.29, 0.717) is 17.9 Å². The van der Waals surface area contributed by atoms with Crippen LogP contribution < -0.4 is 0 Å². The van der Waals surface area contributed by atoms with Crippen LogP contribution in [-0.2, 0) is 11.2 Å². The van der Waals surface area contributed by atoms with Gasteiger partial charge in [-0.05, 0) is 38.3 Å². The van der Waals surface area contributed by atoms with Gasteiger partial charge in [0, 0.05) is 53.5 Å². The zero-order valence-electron chi connectivity index (χ0n) is 14.4. The monoisotopic (exact) mass is 343 g/mol. The SMILES string of the molecule is CCc1nccn1[C@@H]1CCCN(C(=O)[C@H]2C[C@@H]2c2ccc(C)s2)C1. The third kappa shape index (κ3) is 2.90. The minimum atomic E-state index is 0.218. The molecule has 1 saturated carbocycles. The topological polar surface area (TPSA) is 38.1 Å². The third-order valence-electron chi connectivity index (χ3n) is 5.40. The Kier molecular flexibility index (Phi) is 4.21. The molecule has 0 N–H and O–H groups in total. The first-order valence-electron chi connectivity index (χ1n) is 9.04. The molecule has 128 valence electrons. The molecule has 0 unspecified atom stereocenters. The van der Waals surface area contributed by atoms with E-state index in [0.717, 1.165) is 44.6 Å². The zero-order valence-corrected chi connectivity index (χ0v) is 15.3. The number of rotatable bonds is 4. The molecule has 2 aliphatic rings. The molecule has 0 spiro atoms. The molecule has 4 rings (SSSR count). The summed E-state index contributed by atoms with van der Waals surface area (Å²) in [5.41, 5.74) is 0. The normalized spacial score (nSPS) is 26.6. The van der Waals surface area contributed by atoms with E-state index in [2.05, 4.69) is 46.6 Å². The Labute approximate surface area is 147 Å². The van der Waals surface area contributed by atoms with Crippen LogP contribution in [0.15, 0.2) is 24.5 Å². The number of imidazole rings is 1. The van der Waals surface area contributed by atoms with Gasteiger partial charge in [0.15, 0.2) is 0 Å². The number of aromatic nitrogens is 2. The third-order valence-corrected chi connectivity index (χ3v) is 6.53. The summed E-state index contributed by atoms with van der Waals surface area (Å²) >= 11 is 1.85. The standard InChI is InChI=1S/C19H25N3OS/c1-3-18-20-8-10-22(18)14-5-4-9-21(12-14)19(23)16-11-15(16)17-7-6-13(2)24-17/h6-8,10,14-16H,3-5,9,11-12H2,1-2H3/t14-,15+,16+/m1/s1. The van der Waals surface area contributed by atoms with E-state index >= 15 is 0 Å². The van der Waals surface area contributed by atoms with Gasteiger partial charge in [-0.25, -0.2) is 4.98 Å². The summed E-state index contributed by atoms with van der Waals surface area (Å²) in [6, 6.07) is 4.76. The van der Waals surface area contributed by atoms with Crippen molar-refractivity contribution in [1.82, 2.24) is 14.5 Å². The summed E-state index contributed by atoms with van der Waals surface area (Å²) in [5, 5.41) is 0. The first kappa shape index (κ1) is 15.9. The van der Waals surface area contributed by atoms with Gasteiger partial charge >= 0.3 is 0 Å². The van der Waals surface area contributed by atoms with Crippen molar-refractivity contribution in [3.63, 3.8) is 0 Å². The van der Waals surface area contributed by atoms with E-state index < -0.39 is 0 Å². The van der Waals surface area contributed by atoms with Gasteiger partial charge in [-0.1, -0.05) is 6.92 Å². The zero-order chi connectivity index (χ0) is 16.7. The Bertz CT molecular complexity index is 735. The smallest absolute Gasteiger partial charge is 0.226 e. The number of piperidine rings is 1. The first-order valence-corrected chi connectivity index (χ1v) is 9.86. The van der Waals surface area contributed by atoms with Gasteiger partial charge in [0.2, 0.25) is 5.91 Å². The molecule has 3 atom stereocenters. The fraction of sp³-hybridized carbons (Fsp3) is 0.579. The fourth-order valence-corrected chi connectivity index (χ4v) is 5.06. The van der Waals surface area contributed by atoms with Gasteiger partial charge in [-0.15, -0.1) is 11.3 Å². The minimum Gasteiger partial charge on any atom is -0.340 e. The molecule has 1 aliphatic heterocycles. The summed E-state index contributed by atoms with van der Waals surface area (Å²) in [7, 11) is 0. The van der Waals surface area contributed by atoms with E-state index in [9.17, 15) is 4.79 Å². The van der Waals surface area contributed by atoms with Crippen LogP contribution in [0, 0.1) is 12.8 Å². The summed E-state index contributed by atoms with van der Waals surface area (Å²) < 4.78 is 2.28. The number of amides is 1. The largest absolute Gasteiger partial charge is 0.340 e. The maximum atomic E-state index is 12.9. The van der Waals surface area contributed by atoms with E-state index in [1.807, 2.05) is 17.5 Å². The van der Waals surface area contributed by atoms with Crippen LogP contribution >= 0.6 is 11.3 Å². The van der Waals surface area contributed by atoms with Gasteiger partial charge in [0.25, 0.3) is 0 Å². The van der Waals surface area contributed by atoms with E-state index in [1.165, 1.54) is 9.75 Å². The number of hydrogen-bond acceptors (Lipinski definition) is 3. The van der Waals surface area contributed by atoms with Crippen LogP contribution in [-0.4, -0.2) is 33.4 Å². The fourth-order valence-electron chi connectivity index (χ4n) is 4.00. The molecule has 2 aromatic rings. The highest BCUT2D eigenvalue weighted by Gasteiger charge is 2.47. The quantitative estimate of drug-likeness (QED) is 0.847. The number of likely N-dealkylation sites (tertiary alicyclic amines) is 1. The summed E-state index contributed by atoms with van der Waals surface area (Å²) in [6.07, 6.45) is 8.17. The summed E-state index contributed by atoms with van der Waals surface area (Å²) in [4.78, 5) is 22.2. The molecular weight excluding hydrogens is 318 g/mol. The molecule has 2 fully saturated rings. The van der Waals surface area contributed by atoms with Crippen LogP contribution in [0.2, 0.25) is 0 Å². The maximum Gasteiger partial charge on any atom is 0.226 e. The van der Waals surface area contributed by atoms with Crippen molar-refractivity contribution in [2.45, 2.75) is 51.5 Å². The highest BCUT2D eigenvalue weighted by molar-refractivity contribution is 7.12. The lowest BCUT2D eigenvalue weighted by Crippen LogP contribution is -2.41. The van der Waals surface area contributed by atoms with Gasteiger partial charge in [0.1, 0.15) is 5.82 Å². The molecule has 1 amide bonds. The van der Waals surface area contributed by atoms with Gasteiger partial charge < -0.3 is 9.47 Å². The average molecular weight is 343 g/mol. The number of carbonyl (C=O) groups is 1. The van der Waals surface area contributed by atoms with E-state index in [-0.39, 0.29) is 5.92 Å². The Morgan fingerprint density at radius 2 is 2.29 bits per heavy atom. The van der Waals surface area contributed by atoms with Crippen LogP contribution in [0.4, 0.5) is 0 Å².